The van der Waals surface area contributed by atoms with Gasteiger partial charge in [-0.25, -0.2) is 9.18 Å². The van der Waals surface area contributed by atoms with Crippen LogP contribution in [-0.2, 0) is 4.74 Å². The molecule has 3 aromatic rings. The number of halogens is 1. The normalized spacial score (nSPS) is 11.0. The highest BCUT2D eigenvalue weighted by Gasteiger charge is 2.14. The van der Waals surface area contributed by atoms with Gasteiger partial charge in [0.1, 0.15) is 11.4 Å². The van der Waals surface area contributed by atoms with E-state index in [4.69, 9.17) is 17.0 Å². The van der Waals surface area contributed by atoms with Crippen molar-refractivity contribution in [2.75, 3.05) is 7.11 Å². The van der Waals surface area contributed by atoms with Gasteiger partial charge in [0.15, 0.2) is 4.77 Å². The van der Waals surface area contributed by atoms with Gasteiger partial charge in [0.05, 0.1) is 24.0 Å². The summed E-state index contributed by atoms with van der Waals surface area (Å²) in [6.45, 7) is 1.69. The molecule has 2 N–H and O–H groups in total. The minimum Gasteiger partial charge on any atom is -0.494 e. The molecule has 0 radical (unpaired) electrons. The monoisotopic (exact) mass is 413 g/mol. The van der Waals surface area contributed by atoms with Crippen LogP contribution in [0.4, 0.5) is 10.1 Å². The van der Waals surface area contributed by atoms with Crippen molar-refractivity contribution >= 4 is 30.1 Å². The molecular weight excluding hydrogens is 397 g/mol. The Morgan fingerprint density at radius 2 is 1.97 bits per heavy atom. The van der Waals surface area contributed by atoms with Gasteiger partial charge >= 0.3 is 5.97 Å². The number of aromatic amines is 1. The molecule has 0 spiro atoms. The van der Waals surface area contributed by atoms with E-state index >= 15 is 0 Å². The van der Waals surface area contributed by atoms with Gasteiger partial charge in [-0.15, -0.1) is 0 Å². The van der Waals surface area contributed by atoms with Crippen molar-refractivity contribution in [3.63, 3.8) is 0 Å². The minimum atomic E-state index is -0.642. The molecule has 148 valence electrons. The lowest BCUT2D eigenvalue weighted by molar-refractivity contribution is 0.0600. The van der Waals surface area contributed by atoms with Crippen LogP contribution < -0.4 is 5.56 Å². The second-order valence-corrected chi connectivity index (χ2v) is 6.39. The largest absolute Gasteiger partial charge is 0.494 e. The lowest BCUT2D eigenvalue weighted by atomic mass is 10.1. The number of carbonyl (C=O) groups is 1. The van der Waals surface area contributed by atoms with Crippen LogP contribution in [0.2, 0.25) is 0 Å². The van der Waals surface area contributed by atoms with E-state index in [0.29, 0.717) is 22.5 Å². The van der Waals surface area contributed by atoms with E-state index < -0.39 is 23.2 Å². The SMILES string of the molecule is COC(=O)c1cccc(N=Cc2c(O)n(-c3ccc(F)cc3)c(=S)[nH]c2=O)c1C. The Kier molecular flexibility index (Phi) is 5.69. The van der Waals surface area contributed by atoms with Crippen LogP contribution in [0.5, 0.6) is 5.88 Å². The third-order valence-corrected chi connectivity index (χ3v) is 4.53. The van der Waals surface area contributed by atoms with Crippen LogP contribution in [0, 0.1) is 17.5 Å². The highest BCUT2D eigenvalue weighted by atomic mass is 32.1. The summed E-state index contributed by atoms with van der Waals surface area (Å²) in [5.74, 6) is -1.41. The summed E-state index contributed by atoms with van der Waals surface area (Å²) in [6, 6.07) is 10.1. The van der Waals surface area contributed by atoms with Crippen molar-refractivity contribution in [1.29, 1.82) is 0 Å². The average Bonchev–Trinajstić information content (AvgIpc) is 2.69. The summed E-state index contributed by atoms with van der Waals surface area (Å²) in [7, 11) is 1.28. The van der Waals surface area contributed by atoms with Gasteiger partial charge < -0.3 is 9.84 Å². The third-order valence-electron chi connectivity index (χ3n) is 4.25. The third kappa shape index (κ3) is 3.99. The zero-order valence-corrected chi connectivity index (χ0v) is 16.3. The molecule has 9 heteroatoms. The van der Waals surface area contributed by atoms with Crippen LogP contribution in [0.3, 0.4) is 0 Å². The van der Waals surface area contributed by atoms with Crippen LogP contribution in [0.25, 0.3) is 5.69 Å². The van der Waals surface area contributed by atoms with E-state index in [9.17, 15) is 19.1 Å². The second-order valence-electron chi connectivity index (χ2n) is 6.01. The van der Waals surface area contributed by atoms with Gasteiger partial charge in [0.2, 0.25) is 5.88 Å². The number of ether oxygens (including phenoxy) is 1. The number of aromatic hydroxyl groups is 1. The molecule has 2 aromatic carbocycles. The Balaban J connectivity index is 2.10. The Morgan fingerprint density at radius 3 is 2.62 bits per heavy atom. The molecule has 0 aliphatic heterocycles. The van der Waals surface area contributed by atoms with Gasteiger partial charge in [-0.2, -0.15) is 0 Å². The zero-order valence-electron chi connectivity index (χ0n) is 15.5. The van der Waals surface area contributed by atoms with Gasteiger partial charge in [0, 0.05) is 6.21 Å². The number of benzene rings is 2. The number of esters is 1. The summed E-state index contributed by atoms with van der Waals surface area (Å²) in [6.07, 6.45) is 1.17. The van der Waals surface area contributed by atoms with Crippen LogP contribution >= 0.6 is 12.2 Å². The summed E-state index contributed by atoms with van der Waals surface area (Å²) >= 11 is 5.12. The molecule has 3 rings (SSSR count). The zero-order chi connectivity index (χ0) is 21.1. The van der Waals surface area contributed by atoms with Crippen LogP contribution in [-0.4, -0.2) is 34.0 Å². The fourth-order valence-corrected chi connectivity index (χ4v) is 3.00. The molecule has 0 aliphatic carbocycles. The van der Waals surface area contributed by atoms with E-state index in [1.807, 2.05) is 0 Å². The predicted molar refractivity (Wildman–Crippen MR) is 109 cm³/mol. The minimum absolute atomic E-state index is 0.0554. The van der Waals surface area contributed by atoms with Gasteiger partial charge in [0.25, 0.3) is 5.56 Å². The first kappa shape index (κ1) is 20.2. The number of rotatable bonds is 4. The van der Waals surface area contributed by atoms with Crippen molar-refractivity contribution in [2.45, 2.75) is 6.92 Å². The van der Waals surface area contributed by atoms with Crippen LogP contribution in [0.15, 0.2) is 52.3 Å². The molecule has 1 heterocycles. The maximum atomic E-state index is 13.2. The fourth-order valence-electron chi connectivity index (χ4n) is 2.71. The van der Waals surface area contributed by atoms with E-state index in [1.165, 1.54) is 42.2 Å². The highest BCUT2D eigenvalue weighted by Crippen LogP contribution is 2.24. The lowest BCUT2D eigenvalue weighted by Crippen LogP contribution is -2.18. The van der Waals surface area contributed by atoms with Crippen LogP contribution in [0.1, 0.15) is 21.5 Å². The van der Waals surface area contributed by atoms with Crippen molar-refractivity contribution in [3.8, 4) is 11.6 Å². The predicted octanol–water partition coefficient (Wildman–Crippen LogP) is 3.59. The van der Waals surface area contributed by atoms with Crippen molar-refractivity contribution < 1.29 is 19.0 Å². The van der Waals surface area contributed by atoms with Crippen molar-refractivity contribution in [1.82, 2.24) is 9.55 Å². The summed E-state index contributed by atoms with van der Waals surface area (Å²) in [5, 5.41) is 10.6. The Labute approximate surface area is 169 Å². The van der Waals surface area contributed by atoms with Crippen molar-refractivity contribution in [2.24, 2.45) is 4.99 Å². The smallest absolute Gasteiger partial charge is 0.338 e. The number of nitrogens with zero attached hydrogens (tertiary/aromatic N) is 2. The molecule has 7 nitrogen and oxygen atoms in total. The molecule has 29 heavy (non-hydrogen) atoms. The van der Waals surface area contributed by atoms with E-state index in [1.54, 1.807) is 25.1 Å². The van der Waals surface area contributed by atoms with Crippen molar-refractivity contribution in [3.05, 3.63) is 80.1 Å². The number of carbonyl (C=O) groups excluding carboxylic acids is 1. The highest BCUT2D eigenvalue weighted by molar-refractivity contribution is 7.71. The Morgan fingerprint density at radius 1 is 1.28 bits per heavy atom. The standard InChI is InChI=1S/C20H16FN3O4S/c1-11-14(19(27)28-2)4-3-5-16(11)22-10-15-17(25)23-20(29)24(18(15)26)13-8-6-12(21)7-9-13/h3-10,26H,1-2H3,(H,23,25,29). The Bertz CT molecular complexity index is 1230. The van der Waals surface area contributed by atoms with Gasteiger partial charge in [-0.3, -0.25) is 19.3 Å². The number of nitrogens with one attached hydrogen (secondary N) is 1. The molecule has 0 amide bonds. The molecule has 0 atom stereocenters. The number of aliphatic imine (C=N–C) groups is 1. The van der Waals surface area contributed by atoms with E-state index in [-0.39, 0.29) is 10.3 Å². The maximum Gasteiger partial charge on any atom is 0.338 e. The number of hydrogen-bond acceptors (Lipinski definition) is 6. The molecule has 0 bridgehead atoms. The first-order valence-corrected chi connectivity index (χ1v) is 8.80. The van der Waals surface area contributed by atoms with E-state index in [2.05, 4.69) is 9.98 Å². The molecular formula is C20H16FN3O4S. The molecule has 0 saturated heterocycles. The van der Waals surface area contributed by atoms with E-state index in [0.717, 1.165) is 0 Å². The first-order chi connectivity index (χ1) is 13.8. The topological polar surface area (TPSA) is 96.7 Å². The summed E-state index contributed by atoms with van der Waals surface area (Å²) in [5.41, 5.74) is 0.883. The van der Waals surface area contributed by atoms with Gasteiger partial charge in [-0.05, 0) is 61.1 Å². The summed E-state index contributed by atoms with van der Waals surface area (Å²) in [4.78, 5) is 30.8. The fraction of sp³-hybridized carbons (Fsp3) is 0.100. The number of methoxy groups -OCH3 is 1. The first-order valence-electron chi connectivity index (χ1n) is 8.39. The lowest BCUT2D eigenvalue weighted by Gasteiger charge is -2.11. The molecule has 0 fully saturated rings. The molecule has 0 unspecified atom stereocenters. The second kappa shape index (κ2) is 8.19. The maximum absolute atomic E-state index is 13.2. The average molecular weight is 413 g/mol. The molecule has 0 saturated carbocycles. The molecule has 0 aliphatic rings. The van der Waals surface area contributed by atoms with Gasteiger partial charge in [-0.1, -0.05) is 6.07 Å². The number of hydrogen-bond donors (Lipinski definition) is 2. The number of aromatic nitrogens is 2. The molecule has 1 aromatic heterocycles. The number of H-pyrrole nitrogens is 1. The Hall–Kier alpha value is -3.59. The summed E-state index contributed by atoms with van der Waals surface area (Å²) < 4.78 is 19.1. The quantitative estimate of drug-likeness (QED) is 0.387.